The second-order valence-corrected chi connectivity index (χ2v) is 4.04. The first-order chi connectivity index (χ1) is 6.45. The summed E-state index contributed by atoms with van der Waals surface area (Å²) in [4.78, 5) is 1.30. The Morgan fingerprint density at radius 2 is 1.71 bits per heavy atom. The molecule has 1 aromatic carbocycles. The van der Waals surface area contributed by atoms with Gasteiger partial charge in [0, 0.05) is 18.2 Å². The lowest BCUT2D eigenvalue weighted by molar-refractivity contribution is -0.477. The van der Waals surface area contributed by atoms with Gasteiger partial charge >= 0.3 is 0 Å². The summed E-state index contributed by atoms with van der Waals surface area (Å²) in [6, 6.07) is 14.8. The number of para-hydroxylation sites is 1. The minimum Gasteiger partial charge on any atom is -1.00 e. The van der Waals surface area contributed by atoms with Gasteiger partial charge in [-0.2, -0.15) is 4.40 Å². The molecule has 0 unspecified atom stereocenters. The average Bonchev–Trinajstić information content (AvgIpc) is 2.56. The summed E-state index contributed by atoms with van der Waals surface area (Å²) in [7, 11) is 0. The van der Waals surface area contributed by atoms with Crippen LogP contribution in [0.2, 0.25) is 0 Å². The first-order valence-electron chi connectivity index (χ1n) is 4.23. The molecule has 0 radical (unpaired) electrons. The van der Waals surface area contributed by atoms with Crippen LogP contribution in [-0.2, 0) is 0 Å². The van der Waals surface area contributed by atoms with Crippen LogP contribution in [0.1, 0.15) is 0 Å². The first-order valence-corrected chi connectivity index (χ1v) is 5.05. The molecule has 1 nitrogen and oxygen atoms in total. The van der Waals surface area contributed by atoms with Crippen molar-refractivity contribution in [3.05, 3.63) is 48.7 Å². The number of fused-ring (bicyclic) bond motifs is 3. The summed E-state index contributed by atoms with van der Waals surface area (Å²) in [5.74, 6) is 0. The third-order valence-corrected chi connectivity index (χ3v) is 3.27. The van der Waals surface area contributed by atoms with Crippen LogP contribution in [0.15, 0.2) is 48.7 Å². The molecule has 0 amide bonds. The number of thiazole rings is 1. The zero-order valence-corrected chi connectivity index (χ0v) is 9.75. The number of hydrogen-bond acceptors (Lipinski definition) is 1. The van der Waals surface area contributed by atoms with Crippen molar-refractivity contribution >= 4 is 26.4 Å². The fourth-order valence-corrected chi connectivity index (χ4v) is 2.61. The van der Waals surface area contributed by atoms with Crippen LogP contribution < -0.4 is 21.4 Å². The van der Waals surface area contributed by atoms with Crippen LogP contribution in [0.25, 0.3) is 15.0 Å². The van der Waals surface area contributed by atoms with Gasteiger partial charge in [-0.1, -0.05) is 23.5 Å². The Morgan fingerprint density at radius 1 is 0.929 bits per heavy atom. The average molecular weight is 266 g/mol. The smallest absolute Gasteiger partial charge is 0.268 e. The van der Waals surface area contributed by atoms with Crippen molar-refractivity contribution in [2.75, 3.05) is 0 Å². The predicted molar refractivity (Wildman–Crippen MR) is 55.0 cm³/mol. The molecule has 0 saturated carbocycles. The van der Waals surface area contributed by atoms with E-state index in [9.17, 15) is 0 Å². The van der Waals surface area contributed by atoms with Gasteiger partial charge in [0.2, 0.25) is 5.52 Å². The number of rotatable bonds is 0. The Bertz CT molecular complexity index is 523. The number of hydrogen-bond donors (Lipinski definition) is 0. The van der Waals surface area contributed by atoms with E-state index in [2.05, 4.69) is 53.1 Å². The predicted octanol–water partition coefficient (Wildman–Crippen LogP) is -0.356. The van der Waals surface area contributed by atoms with Crippen LogP contribution in [0.5, 0.6) is 0 Å². The van der Waals surface area contributed by atoms with Gasteiger partial charge in [-0.25, -0.2) is 0 Å². The molecule has 0 spiro atoms. The third kappa shape index (κ3) is 1.33. The standard InChI is InChI=1S/C11H8NS.BrH/c1-2-6-10-9(5-1)12-8-4-3-7-11(12)13-10;/h1-8H;1H/q+1;/p-1. The van der Waals surface area contributed by atoms with E-state index in [-0.39, 0.29) is 17.0 Å². The number of aromatic nitrogens is 1. The van der Waals surface area contributed by atoms with Gasteiger partial charge in [0.1, 0.15) is 4.70 Å². The van der Waals surface area contributed by atoms with Gasteiger partial charge in [-0.05, 0) is 12.1 Å². The molecule has 2 heterocycles. The minimum atomic E-state index is 0. The molecule has 2 aromatic heterocycles. The largest absolute Gasteiger partial charge is 1.00 e. The molecule has 0 aliphatic heterocycles. The Kier molecular flexibility index (Phi) is 2.52. The van der Waals surface area contributed by atoms with Gasteiger partial charge in [0.25, 0.3) is 4.83 Å². The highest BCUT2D eigenvalue weighted by molar-refractivity contribution is 7.23. The molecule has 0 atom stereocenters. The zero-order chi connectivity index (χ0) is 8.67. The Morgan fingerprint density at radius 3 is 2.64 bits per heavy atom. The van der Waals surface area contributed by atoms with Gasteiger partial charge < -0.3 is 17.0 Å². The number of halogens is 1. The molecule has 0 fully saturated rings. The van der Waals surface area contributed by atoms with Crippen LogP contribution >= 0.6 is 11.3 Å². The molecule has 0 N–H and O–H groups in total. The van der Waals surface area contributed by atoms with Gasteiger partial charge in [-0.15, -0.1) is 0 Å². The van der Waals surface area contributed by atoms with E-state index in [4.69, 9.17) is 0 Å². The lowest BCUT2D eigenvalue weighted by atomic mass is 10.3. The Balaban J connectivity index is 0.000000750. The van der Waals surface area contributed by atoms with E-state index in [1.807, 2.05) is 11.3 Å². The molecule has 14 heavy (non-hydrogen) atoms. The zero-order valence-electron chi connectivity index (χ0n) is 7.35. The molecule has 0 aliphatic carbocycles. The molecular formula is C11H8BrNS. The van der Waals surface area contributed by atoms with Crippen molar-refractivity contribution in [2.24, 2.45) is 0 Å². The van der Waals surface area contributed by atoms with E-state index in [1.165, 1.54) is 15.0 Å². The third-order valence-electron chi connectivity index (χ3n) is 2.16. The quantitative estimate of drug-likeness (QED) is 0.490. The number of pyridine rings is 1. The fourth-order valence-electron chi connectivity index (χ4n) is 1.56. The maximum absolute atomic E-state index is 2.22. The molecule has 70 valence electrons. The van der Waals surface area contributed by atoms with Crippen molar-refractivity contribution in [2.45, 2.75) is 0 Å². The maximum atomic E-state index is 2.22. The van der Waals surface area contributed by atoms with Crippen molar-refractivity contribution < 1.29 is 21.4 Å². The topological polar surface area (TPSA) is 4.10 Å². The molecule has 3 heteroatoms. The molecule has 3 rings (SSSR count). The highest BCUT2D eigenvalue weighted by atomic mass is 79.9. The monoisotopic (exact) mass is 265 g/mol. The molecular weight excluding hydrogens is 258 g/mol. The number of benzene rings is 1. The summed E-state index contributed by atoms with van der Waals surface area (Å²) < 4.78 is 3.56. The second kappa shape index (κ2) is 3.67. The van der Waals surface area contributed by atoms with Crippen LogP contribution in [-0.4, -0.2) is 0 Å². The molecule has 0 aliphatic rings. The highest BCUT2D eigenvalue weighted by Gasteiger charge is 2.10. The first kappa shape index (κ1) is 9.62. The Hall–Kier alpha value is -0.930. The van der Waals surface area contributed by atoms with Crippen LogP contribution in [0, 0.1) is 0 Å². The van der Waals surface area contributed by atoms with E-state index < -0.39 is 0 Å². The molecule has 3 aromatic rings. The molecule has 0 saturated heterocycles. The van der Waals surface area contributed by atoms with Crippen molar-refractivity contribution in [3.8, 4) is 0 Å². The summed E-state index contributed by atoms with van der Waals surface area (Å²) in [6.45, 7) is 0. The summed E-state index contributed by atoms with van der Waals surface area (Å²) in [5.41, 5.74) is 1.29. The number of nitrogens with zero attached hydrogens (tertiary/aromatic N) is 1. The van der Waals surface area contributed by atoms with Gasteiger partial charge in [0.15, 0.2) is 6.20 Å². The van der Waals surface area contributed by atoms with Crippen molar-refractivity contribution in [1.82, 2.24) is 0 Å². The minimum absolute atomic E-state index is 0. The summed E-state index contributed by atoms with van der Waals surface area (Å²) in [5, 5.41) is 0. The SMILES string of the molecule is [Br-].c1ccc2c(c1)sc1cccc[n+]12. The van der Waals surface area contributed by atoms with Gasteiger partial charge in [0.05, 0.1) is 0 Å². The second-order valence-electron chi connectivity index (χ2n) is 2.98. The lowest BCUT2D eigenvalue weighted by Crippen LogP contribution is -3.00. The van der Waals surface area contributed by atoms with E-state index in [0.29, 0.717) is 0 Å². The normalized spacial score (nSPS) is 10.3. The van der Waals surface area contributed by atoms with Crippen molar-refractivity contribution in [1.29, 1.82) is 0 Å². The van der Waals surface area contributed by atoms with Crippen LogP contribution in [0.4, 0.5) is 0 Å². The van der Waals surface area contributed by atoms with Crippen molar-refractivity contribution in [3.63, 3.8) is 0 Å². The molecule has 0 bridgehead atoms. The summed E-state index contributed by atoms with van der Waals surface area (Å²) >= 11 is 1.82. The summed E-state index contributed by atoms with van der Waals surface area (Å²) in [6.07, 6.45) is 2.11. The van der Waals surface area contributed by atoms with E-state index in [1.54, 1.807) is 0 Å². The van der Waals surface area contributed by atoms with E-state index in [0.717, 1.165) is 0 Å². The Labute approximate surface area is 96.4 Å². The van der Waals surface area contributed by atoms with Crippen LogP contribution in [0.3, 0.4) is 0 Å². The fraction of sp³-hybridized carbons (Fsp3) is 0. The lowest BCUT2D eigenvalue weighted by Gasteiger charge is -1.81. The maximum Gasteiger partial charge on any atom is 0.268 e. The van der Waals surface area contributed by atoms with Gasteiger partial charge in [-0.3, -0.25) is 0 Å². The van der Waals surface area contributed by atoms with E-state index >= 15 is 0 Å². The highest BCUT2D eigenvalue weighted by Crippen LogP contribution is 2.19.